The normalized spacial score (nSPS) is 15.8. The Hall–Kier alpha value is -3.16. The van der Waals surface area contributed by atoms with E-state index in [4.69, 9.17) is 4.74 Å². The van der Waals surface area contributed by atoms with Crippen LogP contribution in [0.25, 0.3) is 0 Å². The third kappa shape index (κ3) is 5.18. The first-order valence-corrected chi connectivity index (χ1v) is 11.4. The van der Waals surface area contributed by atoms with Gasteiger partial charge in [0.2, 0.25) is 5.91 Å². The van der Waals surface area contributed by atoms with Gasteiger partial charge in [-0.15, -0.1) is 11.3 Å². The Morgan fingerprint density at radius 3 is 2.72 bits per heavy atom. The van der Waals surface area contributed by atoms with Gasteiger partial charge in [-0.3, -0.25) is 4.79 Å². The summed E-state index contributed by atoms with van der Waals surface area (Å²) in [5, 5.41) is 17.7. The van der Waals surface area contributed by atoms with Gasteiger partial charge in [0.05, 0.1) is 40.5 Å². The minimum Gasteiger partial charge on any atom is -0.463 e. The number of halogens is 2. The maximum atomic E-state index is 13.4. The molecule has 0 aliphatic carbocycles. The van der Waals surface area contributed by atoms with Crippen LogP contribution < -0.4 is 10.6 Å². The third-order valence-corrected chi connectivity index (χ3v) is 6.48. The van der Waals surface area contributed by atoms with Crippen LogP contribution >= 0.6 is 23.1 Å². The summed E-state index contributed by atoms with van der Waals surface area (Å²) in [6.07, 6.45) is 0. The smallest absolute Gasteiger partial charge is 0.336 e. The van der Waals surface area contributed by atoms with Crippen LogP contribution in [0.5, 0.6) is 0 Å². The predicted molar refractivity (Wildman–Crippen MR) is 120 cm³/mol. The fraction of sp³-hybridized carbons (Fsp3) is 0.227. The number of thiophene rings is 1. The Labute approximate surface area is 192 Å². The molecular formula is C22H19F2N3O3S2. The number of nitriles is 1. The molecule has 0 radical (unpaired) electrons. The number of dihydropyridines is 1. The number of rotatable bonds is 7. The molecule has 1 aromatic carbocycles. The van der Waals surface area contributed by atoms with E-state index in [1.54, 1.807) is 13.8 Å². The fourth-order valence-corrected chi connectivity index (χ4v) is 4.89. The van der Waals surface area contributed by atoms with Crippen molar-refractivity contribution >= 4 is 40.7 Å². The van der Waals surface area contributed by atoms with E-state index in [2.05, 4.69) is 16.7 Å². The lowest BCUT2D eigenvalue weighted by atomic mass is 9.87. The van der Waals surface area contributed by atoms with Gasteiger partial charge >= 0.3 is 5.97 Å². The largest absolute Gasteiger partial charge is 0.463 e. The summed E-state index contributed by atoms with van der Waals surface area (Å²) in [6.45, 7) is 3.62. The van der Waals surface area contributed by atoms with Crippen LogP contribution in [0.1, 0.15) is 24.6 Å². The molecule has 2 N–H and O–H groups in total. The number of ether oxygens (including phenoxy) is 1. The van der Waals surface area contributed by atoms with Crippen LogP contribution in [-0.4, -0.2) is 24.2 Å². The molecule has 0 bridgehead atoms. The maximum Gasteiger partial charge on any atom is 0.336 e. The first kappa shape index (κ1) is 23.5. The van der Waals surface area contributed by atoms with Crippen molar-refractivity contribution in [2.24, 2.45) is 0 Å². The van der Waals surface area contributed by atoms with Crippen LogP contribution in [0.3, 0.4) is 0 Å². The van der Waals surface area contributed by atoms with Gasteiger partial charge in [0.25, 0.3) is 0 Å². The van der Waals surface area contributed by atoms with Crippen molar-refractivity contribution in [3.8, 4) is 6.07 Å². The molecular weight excluding hydrogens is 456 g/mol. The number of anilines is 1. The van der Waals surface area contributed by atoms with E-state index < -0.39 is 29.4 Å². The molecule has 0 unspecified atom stereocenters. The van der Waals surface area contributed by atoms with Crippen molar-refractivity contribution in [3.05, 3.63) is 74.1 Å². The van der Waals surface area contributed by atoms with Crippen LogP contribution in [-0.2, 0) is 14.3 Å². The summed E-state index contributed by atoms with van der Waals surface area (Å²) >= 11 is 2.49. The van der Waals surface area contributed by atoms with Crippen molar-refractivity contribution in [2.45, 2.75) is 19.8 Å². The first-order chi connectivity index (χ1) is 15.3. The Kier molecular flexibility index (Phi) is 7.66. The molecule has 1 aliphatic heterocycles. The second kappa shape index (κ2) is 10.4. The summed E-state index contributed by atoms with van der Waals surface area (Å²) < 4.78 is 31.6. The average molecular weight is 476 g/mol. The van der Waals surface area contributed by atoms with Gasteiger partial charge < -0.3 is 15.4 Å². The number of thioether (sulfide) groups is 1. The van der Waals surface area contributed by atoms with Crippen LogP contribution in [0.4, 0.5) is 14.5 Å². The zero-order valence-electron chi connectivity index (χ0n) is 17.2. The van der Waals surface area contributed by atoms with Gasteiger partial charge in [-0.25, -0.2) is 13.6 Å². The second-order valence-electron chi connectivity index (χ2n) is 6.65. The molecule has 1 atom stereocenters. The van der Waals surface area contributed by atoms with Gasteiger partial charge in [-0.1, -0.05) is 17.8 Å². The molecule has 2 heterocycles. The van der Waals surface area contributed by atoms with Crippen molar-refractivity contribution in [1.29, 1.82) is 5.26 Å². The number of amides is 1. The van der Waals surface area contributed by atoms with Crippen molar-refractivity contribution in [3.63, 3.8) is 0 Å². The molecule has 10 heteroatoms. The van der Waals surface area contributed by atoms with E-state index in [0.29, 0.717) is 21.9 Å². The van der Waals surface area contributed by atoms with Gasteiger partial charge in [0.1, 0.15) is 0 Å². The zero-order valence-corrected chi connectivity index (χ0v) is 18.8. The minimum absolute atomic E-state index is 0.0916. The van der Waals surface area contributed by atoms with Gasteiger partial charge in [-0.05, 0) is 37.4 Å². The molecule has 0 saturated heterocycles. The molecule has 32 heavy (non-hydrogen) atoms. The minimum atomic E-state index is -1.06. The van der Waals surface area contributed by atoms with E-state index in [1.807, 2.05) is 17.5 Å². The number of hydrogen-bond donors (Lipinski definition) is 2. The molecule has 2 aromatic rings. The topological polar surface area (TPSA) is 91.2 Å². The highest BCUT2D eigenvalue weighted by Crippen LogP contribution is 2.42. The van der Waals surface area contributed by atoms with E-state index in [0.717, 1.165) is 28.8 Å². The van der Waals surface area contributed by atoms with Gasteiger partial charge in [0.15, 0.2) is 11.6 Å². The summed E-state index contributed by atoms with van der Waals surface area (Å²) in [5.74, 6) is -3.75. The summed E-state index contributed by atoms with van der Waals surface area (Å²) in [7, 11) is 0. The lowest BCUT2D eigenvalue weighted by Gasteiger charge is -2.28. The highest BCUT2D eigenvalue weighted by Gasteiger charge is 2.36. The summed E-state index contributed by atoms with van der Waals surface area (Å²) in [4.78, 5) is 25.8. The van der Waals surface area contributed by atoms with E-state index in [1.165, 1.54) is 17.4 Å². The number of nitrogens with zero attached hydrogens (tertiary/aromatic N) is 1. The highest BCUT2D eigenvalue weighted by atomic mass is 32.2. The highest BCUT2D eigenvalue weighted by molar-refractivity contribution is 8.03. The quantitative estimate of drug-likeness (QED) is 0.566. The van der Waals surface area contributed by atoms with E-state index in [-0.39, 0.29) is 18.0 Å². The number of carbonyl (C=O) groups excluding carboxylic acids is 2. The average Bonchev–Trinajstić information content (AvgIpc) is 3.29. The summed E-state index contributed by atoms with van der Waals surface area (Å²) in [6, 6.07) is 8.90. The molecule has 3 rings (SSSR count). The number of benzene rings is 1. The maximum absolute atomic E-state index is 13.4. The molecule has 0 spiro atoms. The third-order valence-electron chi connectivity index (χ3n) is 4.52. The SMILES string of the molecule is CCOC(=O)C1=C(C)NC(SCC(=O)Nc2ccc(F)c(F)c2)=C(C#N)[C@H]1c1cccs1. The van der Waals surface area contributed by atoms with Gasteiger partial charge in [-0.2, -0.15) is 5.26 Å². The number of allylic oxidation sites excluding steroid dienone is 2. The number of nitrogens with one attached hydrogen (secondary N) is 2. The van der Waals surface area contributed by atoms with Crippen LogP contribution in [0, 0.1) is 23.0 Å². The number of carbonyl (C=O) groups is 2. The summed E-state index contributed by atoms with van der Waals surface area (Å²) in [5.41, 5.74) is 1.30. The van der Waals surface area contributed by atoms with Gasteiger partial charge in [0, 0.05) is 22.3 Å². The standard InChI is InChI=1S/C22H19F2N3O3S2/c1-3-30-22(29)19-12(2)26-21(14(10-25)20(19)17-5-4-8-31-17)32-11-18(28)27-13-6-7-15(23)16(24)9-13/h4-9,20,26H,3,11H2,1-2H3,(H,27,28)/t20-/m0/s1. The Bertz CT molecular complexity index is 1140. The second-order valence-corrected chi connectivity index (χ2v) is 8.62. The van der Waals surface area contributed by atoms with Crippen LogP contribution in [0.2, 0.25) is 0 Å². The van der Waals surface area contributed by atoms with E-state index >= 15 is 0 Å². The molecule has 1 aromatic heterocycles. The van der Waals surface area contributed by atoms with Crippen molar-refractivity contribution in [1.82, 2.24) is 5.32 Å². The fourth-order valence-electron chi connectivity index (χ4n) is 3.15. The number of hydrogen-bond acceptors (Lipinski definition) is 7. The monoisotopic (exact) mass is 475 g/mol. The molecule has 6 nitrogen and oxygen atoms in total. The van der Waals surface area contributed by atoms with Crippen molar-refractivity contribution < 1.29 is 23.1 Å². The predicted octanol–water partition coefficient (Wildman–Crippen LogP) is 4.66. The lowest BCUT2D eigenvalue weighted by molar-refractivity contribution is -0.138. The Balaban J connectivity index is 1.83. The lowest BCUT2D eigenvalue weighted by Crippen LogP contribution is -2.29. The molecule has 1 amide bonds. The van der Waals surface area contributed by atoms with Crippen molar-refractivity contribution in [2.75, 3.05) is 17.7 Å². The molecule has 0 fully saturated rings. The molecule has 166 valence electrons. The van der Waals surface area contributed by atoms with Crippen LogP contribution in [0.15, 0.2) is 57.6 Å². The van der Waals surface area contributed by atoms with E-state index in [9.17, 15) is 23.6 Å². The Morgan fingerprint density at radius 2 is 2.09 bits per heavy atom. The Morgan fingerprint density at radius 1 is 1.31 bits per heavy atom. The zero-order chi connectivity index (χ0) is 23.3. The number of esters is 1. The first-order valence-electron chi connectivity index (χ1n) is 9.56. The molecule has 0 saturated carbocycles. The molecule has 1 aliphatic rings.